The maximum absolute atomic E-state index is 13.6. The van der Waals surface area contributed by atoms with E-state index < -0.39 is 11.6 Å². The van der Waals surface area contributed by atoms with Gasteiger partial charge in [0.1, 0.15) is 12.4 Å². The summed E-state index contributed by atoms with van der Waals surface area (Å²) in [5.74, 6) is -0.535. The molecule has 0 aliphatic carbocycles. The number of halogens is 2. The van der Waals surface area contributed by atoms with E-state index in [0.717, 1.165) is 38.5 Å². The van der Waals surface area contributed by atoms with Gasteiger partial charge in [-0.2, -0.15) is 0 Å². The first-order valence-electron chi connectivity index (χ1n) is 11.0. The number of hydrogen-bond acceptors (Lipinski definition) is 4. The molecule has 2 aliphatic rings. The van der Waals surface area contributed by atoms with Crippen molar-refractivity contribution in [1.29, 1.82) is 0 Å². The third kappa shape index (κ3) is 6.04. The summed E-state index contributed by atoms with van der Waals surface area (Å²) in [6.45, 7) is 6.15. The van der Waals surface area contributed by atoms with Crippen molar-refractivity contribution < 1.29 is 13.5 Å². The molecule has 0 atom stereocenters. The zero-order chi connectivity index (χ0) is 21.4. The lowest BCUT2D eigenvalue weighted by Crippen LogP contribution is -2.62. The fourth-order valence-corrected chi connectivity index (χ4v) is 4.40. The number of hydrogen-bond donors (Lipinski definition) is 2. The van der Waals surface area contributed by atoms with Crippen LogP contribution in [-0.4, -0.2) is 81.3 Å². The highest BCUT2D eigenvalue weighted by Crippen LogP contribution is 2.30. The lowest BCUT2D eigenvalue weighted by molar-refractivity contribution is 0.0173. The van der Waals surface area contributed by atoms with Crippen LogP contribution < -0.4 is 15.4 Å². The van der Waals surface area contributed by atoms with E-state index in [0.29, 0.717) is 12.5 Å². The van der Waals surface area contributed by atoms with Gasteiger partial charge >= 0.3 is 0 Å². The van der Waals surface area contributed by atoms with E-state index >= 15 is 0 Å². The van der Waals surface area contributed by atoms with E-state index in [4.69, 9.17) is 4.74 Å². The van der Waals surface area contributed by atoms with E-state index in [9.17, 15) is 8.78 Å². The summed E-state index contributed by atoms with van der Waals surface area (Å²) in [5, 5.41) is 6.74. The maximum atomic E-state index is 13.6. The second kappa shape index (κ2) is 10.9. The number of likely N-dealkylation sites (tertiary alicyclic amines) is 2. The number of ether oxygens (including phenoxy) is 1. The number of nitrogens with one attached hydrogen (secondary N) is 2. The second-order valence-corrected chi connectivity index (χ2v) is 8.35. The van der Waals surface area contributed by atoms with E-state index in [2.05, 4.69) is 32.5 Å². The Kier molecular flexibility index (Phi) is 8.27. The van der Waals surface area contributed by atoms with Crippen LogP contribution in [0.15, 0.2) is 23.2 Å². The first-order valence-corrected chi connectivity index (χ1v) is 11.0. The molecule has 0 saturated carbocycles. The molecule has 0 aromatic heterocycles. The summed E-state index contributed by atoms with van der Waals surface area (Å²) in [7, 11) is 3.94. The normalized spacial score (nSPS) is 20.7. The molecule has 2 N–H and O–H groups in total. The van der Waals surface area contributed by atoms with Crippen LogP contribution in [-0.2, 0) is 0 Å². The molecule has 1 aromatic rings. The lowest BCUT2D eigenvalue weighted by Gasteiger charge is -2.50. The van der Waals surface area contributed by atoms with Crippen LogP contribution >= 0.6 is 0 Å². The Hall–Kier alpha value is -1.93. The molecule has 2 aliphatic heterocycles. The molecule has 6 nitrogen and oxygen atoms in total. The van der Waals surface area contributed by atoms with Crippen molar-refractivity contribution in [2.75, 3.05) is 60.0 Å². The summed E-state index contributed by atoms with van der Waals surface area (Å²) in [4.78, 5) is 9.41. The zero-order valence-electron chi connectivity index (χ0n) is 18.2. The Morgan fingerprint density at radius 2 is 1.83 bits per heavy atom. The number of guanidine groups is 1. The summed E-state index contributed by atoms with van der Waals surface area (Å²) in [6, 6.07) is 3.32. The van der Waals surface area contributed by atoms with Gasteiger partial charge in [0.25, 0.3) is 0 Å². The molecule has 2 saturated heterocycles. The van der Waals surface area contributed by atoms with Gasteiger partial charge in [-0.05, 0) is 71.0 Å². The first kappa shape index (κ1) is 22.7. The summed E-state index contributed by atoms with van der Waals surface area (Å²) in [6.07, 6.45) is 6.20. The van der Waals surface area contributed by atoms with Gasteiger partial charge in [0.2, 0.25) is 0 Å². The molecule has 8 heteroatoms. The predicted molar refractivity (Wildman–Crippen MR) is 116 cm³/mol. The molecular weight excluding hydrogens is 388 g/mol. The van der Waals surface area contributed by atoms with Crippen LogP contribution in [0.4, 0.5) is 8.78 Å². The number of benzene rings is 1. The predicted octanol–water partition coefficient (Wildman–Crippen LogP) is 2.46. The summed E-state index contributed by atoms with van der Waals surface area (Å²) >= 11 is 0. The molecule has 0 radical (unpaired) electrons. The molecular formula is C22H35F2N5O. The Morgan fingerprint density at radius 1 is 1.10 bits per heavy atom. The van der Waals surface area contributed by atoms with E-state index in [-0.39, 0.29) is 17.9 Å². The number of aliphatic imine (C=N–C) groups is 1. The van der Waals surface area contributed by atoms with Crippen molar-refractivity contribution in [3.05, 3.63) is 29.8 Å². The zero-order valence-corrected chi connectivity index (χ0v) is 18.2. The van der Waals surface area contributed by atoms with Gasteiger partial charge in [-0.25, -0.2) is 8.78 Å². The minimum absolute atomic E-state index is 0.0523. The van der Waals surface area contributed by atoms with Crippen LogP contribution in [0.1, 0.15) is 32.1 Å². The molecule has 2 heterocycles. The Morgan fingerprint density at radius 3 is 2.50 bits per heavy atom. The Bertz CT molecular complexity index is 701. The standard InChI is InChI=1S/C22H35F2N5O/c1-25-21(26-10-15-30-20-7-6-18(23)16-19(20)24)27-17-22(8-13-28(2)14-9-22)29-11-4-3-5-12-29/h6-7,16H,3-5,8-15,17H2,1-2H3,(H2,25,26,27). The van der Waals surface area contributed by atoms with Crippen LogP contribution in [0.25, 0.3) is 0 Å². The Labute approximate surface area is 178 Å². The van der Waals surface area contributed by atoms with Crippen LogP contribution in [0.3, 0.4) is 0 Å². The van der Waals surface area contributed by atoms with Gasteiger partial charge in [-0.1, -0.05) is 6.42 Å². The van der Waals surface area contributed by atoms with Crippen molar-refractivity contribution in [2.24, 2.45) is 4.99 Å². The fourth-order valence-electron chi connectivity index (χ4n) is 4.40. The highest BCUT2D eigenvalue weighted by Gasteiger charge is 2.39. The van der Waals surface area contributed by atoms with Gasteiger partial charge in [0.15, 0.2) is 17.5 Å². The summed E-state index contributed by atoms with van der Waals surface area (Å²) < 4.78 is 32.0. The molecule has 2 fully saturated rings. The van der Waals surface area contributed by atoms with Crippen LogP contribution in [0, 0.1) is 11.6 Å². The maximum Gasteiger partial charge on any atom is 0.191 e. The van der Waals surface area contributed by atoms with Crippen molar-refractivity contribution in [3.8, 4) is 5.75 Å². The van der Waals surface area contributed by atoms with Crippen molar-refractivity contribution >= 4 is 5.96 Å². The Balaban J connectivity index is 1.48. The smallest absolute Gasteiger partial charge is 0.191 e. The largest absolute Gasteiger partial charge is 0.489 e. The van der Waals surface area contributed by atoms with E-state index in [1.165, 1.54) is 44.5 Å². The summed E-state index contributed by atoms with van der Waals surface area (Å²) in [5.41, 5.74) is 0.165. The number of rotatable bonds is 7. The van der Waals surface area contributed by atoms with Crippen molar-refractivity contribution in [3.63, 3.8) is 0 Å². The SMILES string of the molecule is CN=C(NCCOc1ccc(F)cc1F)NCC1(N2CCCCC2)CCN(C)CC1. The minimum atomic E-state index is -0.691. The van der Waals surface area contributed by atoms with Crippen LogP contribution in [0.2, 0.25) is 0 Å². The molecule has 3 rings (SSSR count). The third-order valence-electron chi connectivity index (χ3n) is 6.30. The molecule has 0 amide bonds. The average Bonchev–Trinajstić information content (AvgIpc) is 2.76. The average molecular weight is 424 g/mol. The van der Waals surface area contributed by atoms with Gasteiger partial charge in [0, 0.05) is 25.2 Å². The monoisotopic (exact) mass is 423 g/mol. The minimum Gasteiger partial charge on any atom is -0.489 e. The molecule has 0 unspecified atom stereocenters. The molecule has 1 aromatic carbocycles. The quantitative estimate of drug-likeness (QED) is 0.401. The van der Waals surface area contributed by atoms with Gasteiger partial charge in [-0.3, -0.25) is 9.89 Å². The van der Waals surface area contributed by atoms with Crippen LogP contribution in [0.5, 0.6) is 5.75 Å². The van der Waals surface area contributed by atoms with E-state index in [1.807, 2.05) is 0 Å². The first-order chi connectivity index (χ1) is 14.5. The highest BCUT2D eigenvalue weighted by atomic mass is 19.1. The second-order valence-electron chi connectivity index (χ2n) is 8.35. The topological polar surface area (TPSA) is 52.1 Å². The number of piperidine rings is 2. The highest BCUT2D eigenvalue weighted by molar-refractivity contribution is 5.79. The fraction of sp³-hybridized carbons (Fsp3) is 0.682. The van der Waals surface area contributed by atoms with Crippen molar-refractivity contribution in [1.82, 2.24) is 20.4 Å². The molecule has 30 heavy (non-hydrogen) atoms. The molecule has 168 valence electrons. The molecule has 0 spiro atoms. The number of nitrogens with zero attached hydrogens (tertiary/aromatic N) is 3. The van der Waals surface area contributed by atoms with Gasteiger partial charge < -0.3 is 20.3 Å². The van der Waals surface area contributed by atoms with Gasteiger partial charge in [0.05, 0.1) is 6.54 Å². The van der Waals surface area contributed by atoms with Crippen molar-refractivity contribution in [2.45, 2.75) is 37.6 Å². The lowest BCUT2D eigenvalue weighted by atomic mass is 9.84. The molecule has 0 bridgehead atoms. The van der Waals surface area contributed by atoms with E-state index in [1.54, 1.807) is 7.05 Å². The third-order valence-corrected chi connectivity index (χ3v) is 6.30. The van der Waals surface area contributed by atoms with Gasteiger partial charge in [-0.15, -0.1) is 0 Å².